The third-order valence-corrected chi connectivity index (χ3v) is 4.50. The van der Waals surface area contributed by atoms with Gasteiger partial charge in [-0.15, -0.1) is 11.3 Å². The van der Waals surface area contributed by atoms with E-state index in [2.05, 4.69) is 18.4 Å². The first-order valence-corrected chi connectivity index (χ1v) is 8.36. The van der Waals surface area contributed by atoms with Crippen LogP contribution in [-0.4, -0.2) is 36.3 Å². The molecule has 2 heterocycles. The fourth-order valence-electron chi connectivity index (χ4n) is 2.35. The van der Waals surface area contributed by atoms with E-state index in [1.54, 1.807) is 16.2 Å². The third-order valence-electron chi connectivity index (χ3n) is 3.46. The van der Waals surface area contributed by atoms with E-state index in [0.29, 0.717) is 12.5 Å². The molecular formula is C16H25NO3S. The number of nitrogens with zero attached hydrogens (tertiary/aromatic N) is 1. The van der Waals surface area contributed by atoms with Crippen molar-refractivity contribution in [3.8, 4) is 0 Å². The SMILES string of the molecule is C[C@@H](OC[C@H]1CCN(C(=O)OC(C)(C)C)C1)c1cccs1. The molecular weight excluding hydrogens is 286 g/mol. The number of amides is 1. The molecule has 1 aliphatic heterocycles. The van der Waals surface area contributed by atoms with Crippen molar-refractivity contribution in [2.45, 2.75) is 45.8 Å². The van der Waals surface area contributed by atoms with Gasteiger partial charge in [-0.3, -0.25) is 0 Å². The molecule has 0 N–H and O–H groups in total. The average molecular weight is 311 g/mol. The summed E-state index contributed by atoms with van der Waals surface area (Å²) in [5.74, 6) is 0.403. The highest BCUT2D eigenvalue weighted by molar-refractivity contribution is 7.10. The Bertz CT molecular complexity index is 453. The molecule has 0 aliphatic carbocycles. The minimum atomic E-state index is -0.431. The van der Waals surface area contributed by atoms with E-state index in [4.69, 9.17) is 9.47 Å². The Hall–Kier alpha value is -1.07. The van der Waals surface area contributed by atoms with Gasteiger partial charge < -0.3 is 14.4 Å². The summed E-state index contributed by atoms with van der Waals surface area (Å²) in [4.78, 5) is 15.0. The molecule has 0 spiro atoms. The first-order chi connectivity index (χ1) is 9.85. The third kappa shape index (κ3) is 5.00. The molecule has 0 unspecified atom stereocenters. The Balaban J connectivity index is 1.74. The second kappa shape index (κ2) is 6.79. The second-order valence-electron chi connectivity index (χ2n) is 6.57. The van der Waals surface area contributed by atoms with Crippen LogP contribution in [0.25, 0.3) is 0 Å². The minimum Gasteiger partial charge on any atom is -0.444 e. The summed E-state index contributed by atoms with van der Waals surface area (Å²) in [6.45, 7) is 9.94. The lowest BCUT2D eigenvalue weighted by atomic mass is 10.1. The number of hydrogen-bond acceptors (Lipinski definition) is 4. The van der Waals surface area contributed by atoms with Crippen LogP contribution in [0.2, 0.25) is 0 Å². The van der Waals surface area contributed by atoms with E-state index in [-0.39, 0.29) is 12.2 Å². The molecule has 5 heteroatoms. The van der Waals surface area contributed by atoms with E-state index in [1.807, 2.05) is 26.8 Å². The highest BCUT2D eigenvalue weighted by Gasteiger charge is 2.30. The number of carbonyl (C=O) groups is 1. The Morgan fingerprint density at radius 1 is 1.52 bits per heavy atom. The second-order valence-corrected chi connectivity index (χ2v) is 7.55. The van der Waals surface area contributed by atoms with Crippen LogP contribution < -0.4 is 0 Å². The molecule has 0 aromatic carbocycles. The number of hydrogen-bond donors (Lipinski definition) is 0. The molecule has 1 aliphatic rings. The molecule has 1 saturated heterocycles. The Labute approximate surface area is 131 Å². The van der Waals surface area contributed by atoms with Crippen molar-refractivity contribution in [3.63, 3.8) is 0 Å². The summed E-state index contributed by atoms with van der Waals surface area (Å²) in [6, 6.07) is 4.14. The maximum Gasteiger partial charge on any atom is 0.410 e. The molecule has 0 radical (unpaired) electrons. The summed E-state index contributed by atoms with van der Waals surface area (Å²) in [7, 11) is 0. The quantitative estimate of drug-likeness (QED) is 0.841. The number of thiophene rings is 1. The van der Waals surface area contributed by atoms with Crippen molar-refractivity contribution in [2.24, 2.45) is 5.92 Å². The molecule has 0 bridgehead atoms. The molecule has 118 valence electrons. The van der Waals surface area contributed by atoms with Crippen molar-refractivity contribution < 1.29 is 14.3 Å². The normalized spacial score (nSPS) is 20.6. The molecule has 4 nitrogen and oxygen atoms in total. The molecule has 1 aromatic heterocycles. The van der Waals surface area contributed by atoms with Gasteiger partial charge >= 0.3 is 6.09 Å². The predicted molar refractivity (Wildman–Crippen MR) is 84.6 cm³/mol. The Morgan fingerprint density at radius 3 is 2.90 bits per heavy atom. The van der Waals surface area contributed by atoms with Gasteiger partial charge in [-0.25, -0.2) is 4.79 Å². The summed E-state index contributed by atoms with van der Waals surface area (Å²) in [5.41, 5.74) is -0.431. The molecule has 0 saturated carbocycles. The van der Waals surface area contributed by atoms with E-state index >= 15 is 0 Å². The highest BCUT2D eigenvalue weighted by Crippen LogP contribution is 2.25. The summed E-state index contributed by atoms with van der Waals surface area (Å²) in [6.07, 6.45) is 0.896. The fourth-order valence-corrected chi connectivity index (χ4v) is 3.08. The van der Waals surface area contributed by atoms with Crippen LogP contribution in [0.5, 0.6) is 0 Å². The molecule has 1 aromatic rings. The van der Waals surface area contributed by atoms with Crippen LogP contribution >= 0.6 is 11.3 Å². The van der Waals surface area contributed by atoms with Crippen LogP contribution in [0.4, 0.5) is 4.79 Å². The molecule has 2 rings (SSSR count). The average Bonchev–Trinajstić information content (AvgIpc) is 3.05. The molecule has 1 fully saturated rings. The van der Waals surface area contributed by atoms with Gasteiger partial charge in [0, 0.05) is 23.9 Å². The predicted octanol–water partition coefficient (Wildman–Crippen LogP) is 4.08. The van der Waals surface area contributed by atoms with E-state index in [0.717, 1.165) is 19.5 Å². The van der Waals surface area contributed by atoms with Crippen molar-refractivity contribution in [3.05, 3.63) is 22.4 Å². The smallest absolute Gasteiger partial charge is 0.410 e. The van der Waals surface area contributed by atoms with Gasteiger partial charge in [-0.05, 0) is 45.6 Å². The van der Waals surface area contributed by atoms with Crippen LogP contribution in [0.15, 0.2) is 17.5 Å². The van der Waals surface area contributed by atoms with Gasteiger partial charge in [0.25, 0.3) is 0 Å². The number of carbonyl (C=O) groups excluding carboxylic acids is 1. The lowest BCUT2D eigenvalue weighted by Gasteiger charge is -2.24. The van der Waals surface area contributed by atoms with Gasteiger partial charge in [0.2, 0.25) is 0 Å². The lowest BCUT2D eigenvalue weighted by molar-refractivity contribution is 0.0238. The van der Waals surface area contributed by atoms with Gasteiger partial charge in [0.15, 0.2) is 0 Å². The topological polar surface area (TPSA) is 38.8 Å². The monoisotopic (exact) mass is 311 g/mol. The van der Waals surface area contributed by atoms with Crippen LogP contribution in [0.1, 0.15) is 45.1 Å². The van der Waals surface area contributed by atoms with Gasteiger partial charge in [-0.2, -0.15) is 0 Å². The van der Waals surface area contributed by atoms with Gasteiger partial charge in [0.1, 0.15) is 5.60 Å². The molecule has 1 amide bonds. The highest BCUT2D eigenvalue weighted by atomic mass is 32.1. The first-order valence-electron chi connectivity index (χ1n) is 7.48. The zero-order valence-electron chi connectivity index (χ0n) is 13.3. The van der Waals surface area contributed by atoms with Crippen molar-refractivity contribution >= 4 is 17.4 Å². The Kier molecular flexibility index (Phi) is 5.27. The lowest BCUT2D eigenvalue weighted by Crippen LogP contribution is -2.35. The molecule has 21 heavy (non-hydrogen) atoms. The molecule has 2 atom stereocenters. The minimum absolute atomic E-state index is 0.126. The van der Waals surface area contributed by atoms with E-state index < -0.39 is 5.60 Å². The maximum atomic E-state index is 12.0. The summed E-state index contributed by atoms with van der Waals surface area (Å²) < 4.78 is 11.3. The standard InChI is InChI=1S/C16H25NO3S/c1-12(14-6-5-9-21-14)19-11-13-7-8-17(10-13)15(18)20-16(2,3)4/h5-6,9,12-13H,7-8,10-11H2,1-4H3/t12-,13+/m1/s1. The number of likely N-dealkylation sites (tertiary alicyclic amines) is 1. The van der Waals surface area contributed by atoms with Crippen molar-refractivity contribution in [1.29, 1.82) is 0 Å². The Morgan fingerprint density at radius 2 is 2.29 bits per heavy atom. The van der Waals surface area contributed by atoms with Crippen molar-refractivity contribution in [1.82, 2.24) is 4.90 Å². The first kappa shape index (κ1) is 16.3. The van der Waals surface area contributed by atoms with Crippen LogP contribution in [0, 0.1) is 5.92 Å². The zero-order valence-corrected chi connectivity index (χ0v) is 14.1. The van der Waals surface area contributed by atoms with Gasteiger partial charge in [0.05, 0.1) is 12.7 Å². The fraction of sp³-hybridized carbons (Fsp3) is 0.688. The summed E-state index contributed by atoms with van der Waals surface area (Å²) in [5, 5.41) is 2.06. The van der Waals surface area contributed by atoms with Crippen molar-refractivity contribution in [2.75, 3.05) is 19.7 Å². The van der Waals surface area contributed by atoms with E-state index in [1.165, 1.54) is 4.88 Å². The number of rotatable bonds is 4. The zero-order chi connectivity index (χ0) is 15.5. The number of ether oxygens (including phenoxy) is 2. The summed E-state index contributed by atoms with van der Waals surface area (Å²) >= 11 is 1.72. The maximum absolute atomic E-state index is 12.0. The van der Waals surface area contributed by atoms with Gasteiger partial charge in [-0.1, -0.05) is 6.07 Å². The largest absolute Gasteiger partial charge is 0.444 e. The van der Waals surface area contributed by atoms with E-state index in [9.17, 15) is 4.79 Å². The van der Waals surface area contributed by atoms with Crippen LogP contribution in [0.3, 0.4) is 0 Å². The van der Waals surface area contributed by atoms with Crippen LogP contribution in [-0.2, 0) is 9.47 Å².